The van der Waals surface area contributed by atoms with Crippen LogP contribution in [-0.4, -0.2) is 36.4 Å². The molecule has 4 aliphatic rings. The SMILES string of the molecule is CCOC(=O)C(CC[C@H]1CCC2C3CC[C@@H]4CCCC[C@]4(C)C3C[C@H](O)[C@@]21C)C(=O)OCC. The molecule has 0 bridgehead atoms. The van der Waals surface area contributed by atoms with Crippen LogP contribution < -0.4 is 0 Å². The Balaban J connectivity index is 1.49. The van der Waals surface area contributed by atoms with Gasteiger partial charge >= 0.3 is 11.9 Å². The predicted molar refractivity (Wildman–Crippen MR) is 127 cm³/mol. The fraction of sp³-hybridized carbons (Fsp3) is 0.929. The topological polar surface area (TPSA) is 72.8 Å². The van der Waals surface area contributed by atoms with Crippen molar-refractivity contribution in [2.24, 2.45) is 46.3 Å². The molecule has 1 N–H and O–H groups in total. The maximum absolute atomic E-state index is 12.5. The average Bonchev–Trinajstić information content (AvgIpc) is 3.12. The molecule has 188 valence electrons. The first kappa shape index (κ1) is 25.0. The minimum absolute atomic E-state index is 0.118. The molecule has 8 atom stereocenters. The maximum Gasteiger partial charge on any atom is 0.320 e. The lowest BCUT2D eigenvalue weighted by atomic mass is 9.44. The molecule has 0 heterocycles. The van der Waals surface area contributed by atoms with Crippen molar-refractivity contribution in [3.05, 3.63) is 0 Å². The number of carbonyl (C=O) groups excluding carboxylic acids is 2. The third-order valence-corrected chi connectivity index (χ3v) is 10.8. The van der Waals surface area contributed by atoms with Crippen LogP contribution in [0, 0.1) is 46.3 Å². The second kappa shape index (κ2) is 9.87. The lowest BCUT2D eigenvalue weighted by Gasteiger charge is -2.62. The standard InChI is InChI=1S/C28H46O5/c1-5-32-25(30)21(26(31)33-6-2)14-11-19-12-15-22-20-13-10-18-9-7-8-16-27(18,3)23(20)17-24(29)28(19,22)4/h18-24,29H,5-17H2,1-4H3/t18-,19-,20?,22?,23?,24-,27-,28+/m0/s1. The molecule has 0 aliphatic heterocycles. The number of rotatable bonds is 7. The predicted octanol–water partition coefficient (Wildman–Crippen LogP) is 5.53. The highest BCUT2D eigenvalue weighted by molar-refractivity contribution is 5.94. The Morgan fingerprint density at radius 1 is 0.939 bits per heavy atom. The van der Waals surface area contributed by atoms with Gasteiger partial charge in [0.1, 0.15) is 0 Å². The Hall–Kier alpha value is -1.10. The molecule has 3 unspecified atom stereocenters. The fourth-order valence-electron chi connectivity index (χ4n) is 9.04. The number of aliphatic hydroxyl groups excluding tert-OH is 1. The van der Waals surface area contributed by atoms with E-state index in [1.54, 1.807) is 13.8 Å². The van der Waals surface area contributed by atoms with E-state index in [1.807, 2.05) is 0 Å². The van der Waals surface area contributed by atoms with Gasteiger partial charge in [0.15, 0.2) is 5.92 Å². The van der Waals surface area contributed by atoms with Crippen molar-refractivity contribution in [2.45, 2.75) is 104 Å². The van der Waals surface area contributed by atoms with Crippen molar-refractivity contribution in [3.8, 4) is 0 Å². The van der Waals surface area contributed by atoms with Crippen LogP contribution >= 0.6 is 0 Å². The van der Waals surface area contributed by atoms with Crippen LogP contribution in [0.25, 0.3) is 0 Å². The van der Waals surface area contributed by atoms with Crippen molar-refractivity contribution in [1.29, 1.82) is 0 Å². The monoisotopic (exact) mass is 462 g/mol. The highest BCUT2D eigenvalue weighted by atomic mass is 16.6. The summed E-state index contributed by atoms with van der Waals surface area (Å²) in [6.45, 7) is 8.91. The van der Waals surface area contributed by atoms with Gasteiger partial charge in [0.2, 0.25) is 0 Å². The summed E-state index contributed by atoms with van der Waals surface area (Å²) in [6, 6.07) is 0. The highest BCUT2D eigenvalue weighted by Gasteiger charge is 2.62. The zero-order chi connectivity index (χ0) is 23.8. The number of fused-ring (bicyclic) bond motifs is 5. The summed E-state index contributed by atoms with van der Waals surface area (Å²) in [5.74, 6) is 1.31. The van der Waals surface area contributed by atoms with E-state index in [0.29, 0.717) is 35.5 Å². The molecule has 0 amide bonds. The quantitative estimate of drug-likeness (QED) is 0.398. The van der Waals surface area contributed by atoms with E-state index in [2.05, 4.69) is 13.8 Å². The molecule has 0 aromatic rings. The van der Waals surface area contributed by atoms with E-state index in [4.69, 9.17) is 9.47 Å². The van der Waals surface area contributed by atoms with Gasteiger partial charge in [-0.1, -0.05) is 26.7 Å². The third-order valence-electron chi connectivity index (χ3n) is 10.8. The Kier molecular flexibility index (Phi) is 7.48. The maximum atomic E-state index is 12.5. The van der Waals surface area contributed by atoms with Crippen molar-refractivity contribution < 1.29 is 24.2 Å². The van der Waals surface area contributed by atoms with Gasteiger partial charge in [-0.3, -0.25) is 9.59 Å². The van der Waals surface area contributed by atoms with Crippen LogP contribution in [-0.2, 0) is 19.1 Å². The second-order valence-electron chi connectivity index (χ2n) is 11.9. The summed E-state index contributed by atoms with van der Waals surface area (Å²) in [5, 5.41) is 11.6. The van der Waals surface area contributed by atoms with Crippen molar-refractivity contribution in [2.75, 3.05) is 13.2 Å². The van der Waals surface area contributed by atoms with Gasteiger partial charge < -0.3 is 14.6 Å². The lowest BCUT2D eigenvalue weighted by molar-refractivity contribution is -0.167. The van der Waals surface area contributed by atoms with Crippen molar-refractivity contribution in [3.63, 3.8) is 0 Å². The summed E-state index contributed by atoms with van der Waals surface area (Å²) in [6.07, 6.45) is 12.2. The van der Waals surface area contributed by atoms with Gasteiger partial charge in [-0.25, -0.2) is 0 Å². The Labute approximate surface area is 200 Å². The molecule has 4 rings (SSSR count). The first-order valence-corrected chi connectivity index (χ1v) is 13.8. The van der Waals surface area contributed by atoms with Crippen LogP contribution in [0.3, 0.4) is 0 Å². The van der Waals surface area contributed by atoms with Crippen LogP contribution in [0.15, 0.2) is 0 Å². The smallest absolute Gasteiger partial charge is 0.320 e. The van der Waals surface area contributed by atoms with Crippen LogP contribution in [0.2, 0.25) is 0 Å². The molecular formula is C28H46O5. The summed E-state index contributed by atoms with van der Waals surface area (Å²) < 4.78 is 10.4. The molecule has 5 nitrogen and oxygen atoms in total. The molecule has 4 aliphatic carbocycles. The van der Waals surface area contributed by atoms with Crippen LogP contribution in [0.5, 0.6) is 0 Å². The normalized spacial score (nSPS) is 42.2. The molecule has 0 aromatic carbocycles. The second-order valence-corrected chi connectivity index (χ2v) is 11.9. The number of hydrogen-bond donors (Lipinski definition) is 1. The molecule has 0 spiro atoms. The van der Waals surface area contributed by atoms with E-state index in [9.17, 15) is 14.7 Å². The number of carbonyl (C=O) groups is 2. The Bertz CT molecular complexity index is 703. The summed E-state index contributed by atoms with van der Waals surface area (Å²) in [4.78, 5) is 25.0. The average molecular weight is 463 g/mol. The lowest BCUT2D eigenvalue weighted by Crippen LogP contribution is -2.57. The van der Waals surface area contributed by atoms with Crippen LogP contribution in [0.1, 0.15) is 98.3 Å². The van der Waals surface area contributed by atoms with Gasteiger partial charge in [-0.2, -0.15) is 0 Å². The molecule has 5 heteroatoms. The molecule has 4 saturated carbocycles. The van der Waals surface area contributed by atoms with E-state index in [-0.39, 0.29) is 24.7 Å². The number of aliphatic hydroxyl groups is 1. The van der Waals surface area contributed by atoms with E-state index in [1.165, 1.54) is 44.9 Å². The zero-order valence-electron chi connectivity index (χ0n) is 21.3. The molecular weight excluding hydrogens is 416 g/mol. The highest BCUT2D eigenvalue weighted by Crippen LogP contribution is 2.67. The summed E-state index contributed by atoms with van der Waals surface area (Å²) in [5.41, 5.74) is 0.285. The van der Waals surface area contributed by atoms with Crippen LogP contribution in [0.4, 0.5) is 0 Å². The van der Waals surface area contributed by atoms with E-state index >= 15 is 0 Å². The number of esters is 2. The van der Waals surface area contributed by atoms with E-state index in [0.717, 1.165) is 25.2 Å². The zero-order valence-corrected chi connectivity index (χ0v) is 21.3. The van der Waals surface area contributed by atoms with E-state index < -0.39 is 17.9 Å². The molecule has 0 aromatic heterocycles. The first-order chi connectivity index (χ1) is 15.8. The van der Waals surface area contributed by atoms with Gasteiger partial charge in [-0.15, -0.1) is 0 Å². The summed E-state index contributed by atoms with van der Waals surface area (Å²) >= 11 is 0. The van der Waals surface area contributed by atoms with Crippen molar-refractivity contribution >= 4 is 11.9 Å². The fourth-order valence-corrected chi connectivity index (χ4v) is 9.04. The molecule has 4 fully saturated rings. The molecule has 0 saturated heterocycles. The summed E-state index contributed by atoms with van der Waals surface area (Å²) in [7, 11) is 0. The van der Waals surface area contributed by atoms with Gasteiger partial charge in [-0.05, 0) is 112 Å². The largest absolute Gasteiger partial charge is 0.465 e. The molecule has 33 heavy (non-hydrogen) atoms. The number of hydrogen-bond acceptors (Lipinski definition) is 5. The Morgan fingerprint density at radius 3 is 2.30 bits per heavy atom. The first-order valence-electron chi connectivity index (χ1n) is 13.8. The third kappa shape index (κ3) is 4.25. The minimum atomic E-state index is -0.849. The minimum Gasteiger partial charge on any atom is -0.465 e. The van der Waals surface area contributed by atoms with Gasteiger partial charge in [0.25, 0.3) is 0 Å². The van der Waals surface area contributed by atoms with Crippen molar-refractivity contribution in [1.82, 2.24) is 0 Å². The number of ether oxygens (including phenoxy) is 2. The molecule has 0 radical (unpaired) electrons. The van der Waals surface area contributed by atoms with Gasteiger partial charge in [0.05, 0.1) is 19.3 Å². The van der Waals surface area contributed by atoms with Gasteiger partial charge in [0, 0.05) is 0 Å². The Morgan fingerprint density at radius 2 is 1.64 bits per heavy atom.